The molecule has 150 valence electrons. The number of carbonyl (C=O) groups is 2. The Balaban J connectivity index is 2.08. The van der Waals surface area contributed by atoms with Crippen molar-refractivity contribution in [3.05, 3.63) is 71.1 Å². The molecule has 0 spiro atoms. The van der Waals surface area contributed by atoms with E-state index in [9.17, 15) is 14.7 Å². The van der Waals surface area contributed by atoms with Crippen LogP contribution in [0.4, 0.5) is 5.69 Å². The number of anilines is 1. The molecule has 2 aromatic rings. The highest BCUT2D eigenvalue weighted by Gasteiger charge is 2.22. The van der Waals surface area contributed by atoms with Crippen LogP contribution in [0.1, 0.15) is 20.7 Å². The van der Waals surface area contributed by atoms with Crippen molar-refractivity contribution in [3.8, 4) is 22.5 Å². The molecule has 1 aliphatic carbocycles. The summed E-state index contributed by atoms with van der Waals surface area (Å²) >= 11 is 0. The number of carboxylic acid groups (broad SMARTS) is 1. The van der Waals surface area contributed by atoms with Gasteiger partial charge in [-0.2, -0.15) is 0 Å². The van der Waals surface area contributed by atoms with Crippen molar-refractivity contribution in [1.29, 1.82) is 5.41 Å². The lowest BCUT2D eigenvalue weighted by Crippen LogP contribution is -2.24. The van der Waals surface area contributed by atoms with Gasteiger partial charge in [0.25, 0.3) is 5.91 Å². The fourth-order valence-electron chi connectivity index (χ4n) is 3.45. The number of benzene rings is 3. The SMILES string of the molecule is N=c1ccc2c(-c3ccc(C(=O)NCO)cc3C(=O)O)c3ccc(N)cc3oc-2c1. The number of rotatable bonds is 4. The summed E-state index contributed by atoms with van der Waals surface area (Å²) in [5, 5.41) is 29.8. The maximum atomic E-state index is 12.1. The Morgan fingerprint density at radius 3 is 2.53 bits per heavy atom. The third kappa shape index (κ3) is 3.25. The van der Waals surface area contributed by atoms with Crippen molar-refractivity contribution in [1.82, 2.24) is 5.32 Å². The third-order valence-electron chi connectivity index (χ3n) is 4.77. The first-order valence-electron chi connectivity index (χ1n) is 8.96. The molecule has 0 saturated heterocycles. The van der Waals surface area contributed by atoms with Gasteiger partial charge >= 0.3 is 5.97 Å². The molecule has 1 heterocycles. The van der Waals surface area contributed by atoms with E-state index in [1.54, 1.807) is 42.5 Å². The Hall–Kier alpha value is -4.17. The van der Waals surface area contributed by atoms with E-state index in [1.807, 2.05) is 0 Å². The van der Waals surface area contributed by atoms with Crippen molar-refractivity contribution in [2.75, 3.05) is 12.5 Å². The molecule has 2 aromatic carbocycles. The van der Waals surface area contributed by atoms with Crippen molar-refractivity contribution < 1.29 is 24.2 Å². The van der Waals surface area contributed by atoms with Gasteiger partial charge in [0.2, 0.25) is 0 Å². The molecule has 1 amide bonds. The summed E-state index contributed by atoms with van der Waals surface area (Å²) in [7, 11) is 0. The molecule has 8 heteroatoms. The van der Waals surface area contributed by atoms with E-state index in [4.69, 9.17) is 20.7 Å². The van der Waals surface area contributed by atoms with Crippen LogP contribution in [0.25, 0.3) is 33.4 Å². The maximum Gasteiger partial charge on any atom is 0.336 e. The largest absolute Gasteiger partial charge is 0.478 e. The molecule has 0 saturated carbocycles. The van der Waals surface area contributed by atoms with Gasteiger partial charge in [-0.15, -0.1) is 0 Å². The van der Waals surface area contributed by atoms with Crippen LogP contribution in [0.15, 0.2) is 59.0 Å². The zero-order valence-electron chi connectivity index (χ0n) is 15.6. The predicted molar refractivity (Wildman–Crippen MR) is 110 cm³/mol. The topological polar surface area (TPSA) is 150 Å². The summed E-state index contributed by atoms with van der Waals surface area (Å²) in [5.41, 5.74) is 8.45. The van der Waals surface area contributed by atoms with Gasteiger partial charge < -0.3 is 31.1 Å². The van der Waals surface area contributed by atoms with Crippen LogP contribution in [0.5, 0.6) is 0 Å². The van der Waals surface area contributed by atoms with Crippen LogP contribution in [0.3, 0.4) is 0 Å². The number of aromatic carboxylic acids is 1. The standard InChI is InChI=1S/C22H17N3O5/c23-12-2-5-15-18(8-12)30-19-9-13(24)3-6-16(19)20(15)14-4-1-11(21(27)25-10-26)7-17(14)22(28)29/h1-9,23,26H,10,24H2,(H,25,27)(H,28,29). The van der Waals surface area contributed by atoms with Gasteiger partial charge in [-0.3, -0.25) is 4.79 Å². The minimum Gasteiger partial charge on any atom is -0.478 e. The number of fused-ring (bicyclic) bond motifs is 2. The Morgan fingerprint density at radius 1 is 1.03 bits per heavy atom. The fourth-order valence-corrected chi connectivity index (χ4v) is 3.45. The predicted octanol–water partition coefficient (Wildman–Crippen LogP) is 2.64. The van der Waals surface area contributed by atoms with E-state index in [-0.39, 0.29) is 16.5 Å². The first-order chi connectivity index (χ1) is 14.4. The average Bonchev–Trinajstić information content (AvgIpc) is 2.71. The van der Waals surface area contributed by atoms with E-state index in [2.05, 4.69) is 5.32 Å². The van der Waals surface area contributed by atoms with Crippen LogP contribution in [-0.2, 0) is 0 Å². The Kier molecular flexibility index (Phi) is 4.69. The maximum absolute atomic E-state index is 12.1. The van der Waals surface area contributed by atoms with E-state index in [1.165, 1.54) is 12.1 Å². The number of aliphatic hydroxyl groups is 1. The molecular weight excluding hydrogens is 386 g/mol. The average molecular weight is 403 g/mol. The molecule has 6 N–H and O–H groups in total. The highest BCUT2D eigenvalue weighted by Crippen LogP contribution is 2.41. The number of nitrogen functional groups attached to an aromatic ring is 1. The monoisotopic (exact) mass is 403 g/mol. The van der Waals surface area contributed by atoms with E-state index in [0.29, 0.717) is 39.1 Å². The normalized spacial score (nSPS) is 11.0. The summed E-state index contributed by atoms with van der Waals surface area (Å²) in [6.45, 7) is -0.560. The molecule has 0 atom stereocenters. The lowest BCUT2D eigenvalue weighted by atomic mass is 9.89. The summed E-state index contributed by atoms with van der Waals surface area (Å²) in [6, 6.07) is 14.2. The summed E-state index contributed by atoms with van der Waals surface area (Å²) in [5.74, 6) is -1.39. The Bertz CT molecular complexity index is 1340. The van der Waals surface area contributed by atoms with Gasteiger partial charge in [-0.25, -0.2) is 4.79 Å². The second-order valence-corrected chi connectivity index (χ2v) is 6.67. The summed E-state index contributed by atoms with van der Waals surface area (Å²) < 4.78 is 5.92. The third-order valence-corrected chi connectivity index (χ3v) is 4.77. The number of hydrogen-bond acceptors (Lipinski definition) is 6. The molecule has 0 unspecified atom stereocenters. The highest BCUT2D eigenvalue weighted by molar-refractivity contribution is 6.09. The van der Waals surface area contributed by atoms with Crippen molar-refractivity contribution >= 4 is 28.5 Å². The van der Waals surface area contributed by atoms with E-state index < -0.39 is 18.6 Å². The van der Waals surface area contributed by atoms with Crippen LogP contribution < -0.4 is 16.4 Å². The highest BCUT2D eigenvalue weighted by atomic mass is 16.4. The first kappa shape index (κ1) is 19.2. The Labute approximate surface area is 170 Å². The smallest absolute Gasteiger partial charge is 0.336 e. The minimum absolute atomic E-state index is 0.0823. The quantitative estimate of drug-likeness (QED) is 0.201. The molecule has 0 aromatic heterocycles. The molecule has 2 aliphatic rings. The van der Waals surface area contributed by atoms with Crippen molar-refractivity contribution in [2.45, 2.75) is 0 Å². The number of nitrogens with two attached hydrogens (primary N) is 1. The number of nitrogens with one attached hydrogen (secondary N) is 2. The molecule has 30 heavy (non-hydrogen) atoms. The van der Waals surface area contributed by atoms with Gasteiger partial charge in [-0.05, 0) is 42.0 Å². The zero-order valence-corrected chi connectivity index (χ0v) is 15.6. The second kappa shape index (κ2) is 7.34. The number of hydrogen-bond donors (Lipinski definition) is 5. The fraction of sp³-hybridized carbons (Fsp3) is 0.0455. The second-order valence-electron chi connectivity index (χ2n) is 6.67. The van der Waals surface area contributed by atoms with Crippen LogP contribution in [0, 0.1) is 5.41 Å². The lowest BCUT2D eigenvalue weighted by molar-refractivity contribution is 0.0697. The van der Waals surface area contributed by atoms with Crippen LogP contribution in [0.2, 0.25) is 0 Å². The van der Waals surface area contributed by atoms with Gasteiger partial charge in [0.15, 0.2) is 0 Å². The van der Waals surface area contributed by atoms with Crippen molar-refractivity contribution in [3.63, 3.8) is 0 Å². The number of carbonyl (C=O) groups excluding carboxylic acids is 1. The first-order valence-corrected chi connectivity index (χ1v) is 8.96. The van der Waals surface area contributed by atoms with E-state index >= 15 is 0 Å². The summed E-state index contributed by atoms with van der Waals surface area (Å²) in [6.07, 6.45) is 0. The van der Waals surface area contributed by atoms with Crippen molar-refractivity contribution in [2.24, 2.45) is 0 Å². The molecule has 1 aliphatic heterocycles. The number of carboxylic acids is 1. The number of aliphatic hydroxyl groups excluding tert-OH is 1. The van der Waals surface area contributed by atoms with Crippen LogP contribution >= 0.6 is 0 Å². The molecule has 8 nitrogen and oxygen atoms in total. The Morgan fingerprint density at radius 2 is 1.80 bits per heavy atom. The lowest BCUT2D eigenvalue weighted by Gasteiger charge is -2.17. The molecule has 0 radical (unpaired) electrons. The van der Waals surface area contributed by atoms with Gasteiger partial charge in [0.1, 0.15) is 18.1 Å². The zero-order chi connectivity index (χ0) is 21.4. The summed E-state index contributed by atoms with van der Waals surface area (Å²) in [4.78, 5) is 24.1. The van der Waals surface area contributed by atoms with Gasteiger partial charge in [0.05, 0.1) is 10.9 Å². The molecule has 0 fully saturated rings. The molecular formula is C22H17N3O5. The van der Waals surface area contributed by atoms with E-state index in [0.717, 1.165) is 0 Å². The van der Waals surface area contributed by atoms with Crippen LogP contribution in [-0.4, -0.2) is 28.8 Å². The molecule has 4 rings (SSSR count). The minimum atomic E-state index is -1.21. The van der Waals surface area contributed by atoms with Gasteiger partial charge in [-0.1, -0.05) is 6.07 Å². The number of amides is 1. The van der Waals surface area contributed by atoms with Gasteiger partial charge in [0, 0.05) is 39.9 Å². The molecule has 0 bridgehead atoms.